The van der Waals surface area contributed by atoms with Gasteiger partial charge in [-0.2, -0.15) is 13.2 Å². The molecule has 0 N–H and O–H groups in total. The molecule has 3 aromatic rings. The lowest BCUT2D eigenvalue weighted by Crippen LogP contribution is -2.43. The molecule has 32 heavy (non-hydrogen) atoms. The summed E-state index contributed by atoms with van der Waals surface area (Å²) in [5.41, 5.74) is 0.0896. The molecule has 0 unspecified atom stereocenters. The number of nitrogens with zero attached hydrogens (tertiary/aromatic N) is 3. The Morgan fingerprint density at radius 1 is 1.16 bits per heavy atom. The van der Waals surface area contributed by atoms with Crippen LogP contribution < -0.4 is 4.90 Å². The molecule has 172 valence electrons. The third-order valence-corrected chi connectivity index (χ3v) is 6.29. The number of morpholine rings is 1. The molecule has 0 atom stereocenters. The summed E-state index contributed by atoms with van der Waals surface area (Å²) in [5, 5.41) is 1.05. The summed E-state index contributed by atoms with van der Waals surface area (Å²) in [4.78, 5) is 21.5. The minimum absolute atomic E-state index is 0. The number of amides is 1. The molecule has 5 nitrogen and oxygen atoms in total. The molecule has 2 heterocycles. The number of fused-ring (bicyclic) bond motifs is 1. The van der Waals surface area contributed by atoms with Crippen molar-refractivity contribution >= 4 is 56.6 Å². The summed E-state index contributed by atoms with van der Waals surface area (Å²) in [7, 11) is 0. The van der Waals surface area contributed by atoms with E-state index in [1.807, 2.05) is 0 Å². The van der Waals surface area contributed by atoms with Crippen LogP contribution in [-0.4, -0.2) is 55.2 Å². The molecule has 0 saturated carbocycles. The maximum Gasteiger partial charge on any atom is 0.416 e. The number of thiazole rings is 1. The average Bonchev–Trinajstić information content (AvgIpc) is 3.16. The lowest BCUT2D eigenvalue weighted by atomic mass is 10.1. The number of rotatable bonds is 5. The minimum atomic E-state index is -4.45. The predicted octanol–water partition coefficient (Wildman–Crippen LogP) is 5.37. The Labute approximate surface area is 198 Å². The lowest BCUT2D eigenvalue weighted by molar-refractivity contribution is -0.137. The molecule has 2 aromatic carbocycles. The molecule has 0 radical (unpaired) electrons. The first-order valence-electron chi connectivity index (χ1n) is 9.66. The smallest absolute Gasteiger partial charge is 0.379 e. The molecule has 0 bridgehead atoms. The fourth-order valence-corrected chi connectivity index (χ4v) is 4.58. The first-order valence-corrected chi connectivity index (χ1v) is 10.9. The van der Waals surface area contributed by atoms with Crippen molar-refractivity contribution in [3.63, 3.8) is 0 Å². The van der Waals surface area contributed by atoms with Crippen LogP contribution >= 0.6 is 35.3 Å². The van der Waals surface area contributed by atoms with Crippen molar-refractivity contribution in [2.45, 2.75) is 6.18 Å². The maximum atomic E-state index is 13.3. The van der Waals surface area contributed by atoms with Crippen LogP contribution in [0.15, 0.2) is 42.5 Å². The average molecular weight is 506 g/mol. The number of ether oxygens (including phenoxy) is 1. The largest absolute Gasteiger partial charge is 0.416 e. The van der Waals surface area contributed by atoms with E-state index >= 15 is 0 Å². The standard InChI is InChI=1S/C21H19ClF3N3O2S.ClH/c22-16-5-6-17-18(13-16)31-20(26-17)28(8-7-27-9-11-30-12-10-27)19(29)14-1-3-15(4-2-14)21(23,24)25;/h1-6,13H,7-12H2;1H. The molecule has 0 spiro atoms. The molecule has 11 heteroatoms. The molecular formula is C21H20Cl2F3N3O2S. The molecule has 1 aliphatic rings. The van der Waals surface area contributed by atoms with E-state index in [0.29, 0.717) is 42.0 Å². The van der Waals surface area contributed by atoms with Crippen LogP contribution in [0.5, 0.6) is 0 Å². The number of halogens is 5. The van der Waals surface area contributed by atoms with Crippen LogP contribution in [-0.2, 0) is 10.9 Å². The van der Waals surface area contributed by atoms with Gasteiger partial charge in [0.05, 0.1) is 29.0 Å². The predicted molar refractivity (Wildman–Crippen MR) is 122 cm³/mol. The first-order chi connectivity index (χ1) is 14.8. The number of anilines is 1. The summed E-state index contributed by atoms with van der Waals surface area (Å²) in [6.45, 7) is 3.74. The fourth-order valence-electron chi connectivity index (χ4n) is 3.31. The summed E-state index contributed by atoms with van der Waals surface area (Å²) in [6, 6.07) is 9.54. The Bertz CT molecular complexity index is 1070. The van der Waals surface area contributed by atoms with E-state index in [1.165, 1.54) is 28.4 Å². The molecular weight excluding hydrogens is 486 g/mol. The normalized spacial score (nSPS) is 14.9. The van der Waals surface area contributed by atoms with Crippen molar-refractivity contribution in [3.05, 3.63) is 58.6 Å². The fraction of sp³-hybridized carbons (Fsp3) is 0.333. The van der Waals surface area contributed by atoms with Crippen molar-refractivity contribution < 1.29 is 22.7 Å². The number of benzene rings is 2. The Morgan fingerprint density at radius 3 is 2.50 bits per heavy atom. The van der Waals surface area contributed by atoms with Gasteiger partial charge in [-0.05, 0) is 42.5 Å². The molecule has 1 saturated heterocycles. The second kappa shape index (κ2) is 10.4. The van der Waals surface area contributed by atoms with Crippen LogP contribution in [0.4, 0.5) is 18.3 Å². The van der Waals surface area contributed by atoms with Crippen LogP contribution in [0.3, 0.4) is 0 Å². The number of hydrogen-bond donors (Lipinski definition) is 0. The number of carbonyl (C=O) groups is 1. The Kier molecular flexibility index (Phi) is 8.00. The van der Waals surface area contributed by atoms with E-state index in [9.17, 15) is 18.0 Å². The van der Waals surface area contributed by atoms with E-state index in [-0.39, 0.29) is 18.0 Å². The Balaban J connectivity index is 0.00000289. The van der Waals surface area contributed by atoms with Crippen LogP contribution in [0.25, 0.3) is 10.2 Å². The van der Waals surface area contributed by atoms with Gasteiger partial charge in [0, 0.05) is 36.8 Å². The lowest BCUT2D eigenvalue weighted by Gasteiger charge is -2.29. The van der Waals surface area contributed by atoms with Crippen molar-refractivity contribution in [1.29, 1.82) is 0 Å². The molecule has 4 rings (SSSR count). The summed E-state index contributed by atoms with van der Waals surface area (Å²) in [6.07, 6.45) is -4.45. The van der Waals surface area contributed by atoms with Gasteiger partial charge in [-0.1, -0.05) is 22.9 Å². The van der Waals surface area contributed by atoms with Crippen LogP contribution in [0.2, 0.25) is 5.02 Å². The molecule has 1 aliphatic heterocycles. The van der Waals surface area contributed by atoms with Gasteiger partial charge in [0.25, 0.3) is 5.91 Å². The third-order valence-electron chi connectivity index (χ3n) is 5.02. The highest BCUT2D eigenvalue weighted by molar-refractivity contribution is 7.22. The minimum Gasteiger partial charge on any atom is -0.379 e. The highest BCUT2D eigenvalue weighted by Crippen LogP contribution is 2.32. The van der Waals surface area contributed by atoms with Gasteiger partial charge < -0.3 is 4.74 Å². The van der Waals surface area contributed by atoms with E-state index in [2.05, 4.69) is 9.88 Å². The molecule has 1 aromatic heterocycles. The summed E-state index contributed by atoms with van der Waals surface area (Å²) in [5.74, 6) is -0.396. The number of carbonyl (C=O) groups excluding carboxylic acids is 1. The monoisotopic (exact) mass is 505 g/mol. The quantitative estimate of drug-likeness (QED) is 0.467. The van der Waals surface area contributed by atoms with Gasteiger partial charge in [0.1, 0.15) is 0 Å². The van der Waals surface area contributed by atoms with Gasteiger partial charge in [-0.3, -0.25) is 14.6 Å². The molecule has 1 amide bonds. The van der Waals surface area contributed by atoms with Gasteiger partial charge in [-0.25, -0.2) is 4.98 Å². The van der Waals surface area contributed by atoms with Crippen LogP contribution in [0, 0.1) is 0 Å². The van der Waals surface area contributed by atoms with Gasteiger partial charge >= 0.3 is 6.18 Å². The SMILES string of the molecule is Cl.O=C(c1ccc(C(F)(F)F)cc1)N(CCN1CCOCC1)c1nc2ccc(Cl)cc2s1. The van der Waals surface area contributed by atoms with Gasteiger partial charge in [0.2, 0.25) is 0 Å². The second-order valence-electron chi connectivity index (χ2n) is 7.09. The Morgan fingerprint density at radius 2 is 1.84 bits per heavy atom. The summed E-state index contributed by atoms with van der Waals surface area (Å²) >= 11 is 7.39. The third kappa shape index (κ3) is 5.71. The van der Waals surface area contributed by atoms with Crippen molar-refractivity contribution in [3.8, 4) is 0 Å². The Hall–Kier alpha value is -1.91. The number of hydrogen-bond acceptors (Lipinski definition) is 5. The summed E-state index contributed by atoms with van der Waals surface area (Å²) < 4.78 is 44.9. The van der Waals surface area contributed by atoms with Gasteiger partial charge in [-0.15, -0.1) is 12.4 Å². The van der Waals surface area contributed by atoms with E-state index < -0.39 is 17.6 Å². The van der Waals surface area contributed by atoms with Crippen molar-refractivity contribution in [2.75, 3.05) is 44.3 Å². The highest BCUT2D eigenvalue weighted by atomic mass is 35.5. The maximum absolute atomic E-state index is 13.3. The van der Waals surface area contributed by atoms with E-state index in [0.717, 1.165) is 29.9 Å². The molecule has 0 aliphatic carbocycles. The highest BCUT2D eigenvalue weighted by Gasteiger charge is 2.31. The van der Waals surface area contributed by atoms with Crippen LogP contribution in [0.1, 0.15) is 15.9 Å². The second-order valence-corrected chi connectivity index (χ2v) is 8.54. The molecule has 1 fully saturated rings. The zero-order valence-electron chi connectivity index (χ0n) is 16.8. The number of alkyl halides is 3. The first kappa shape index (κ1) is 24.7. The van der Waals surface area contributed by atoms with Gasteiger partial charge in [0.15, 0.2) is 5.13 Å². The van der Waals surface area contributed by atoms with E-state index in [1.54, 1.807) is 18.2 Å². The zero-order valence-corrected chi connectivity index (χ0v) is 19.2. The van der Waals surface area contributed by atoms with Crippen molar-refractivity contribution in [2.24, 2.45) is 0 Å². The van der Waals surface area contributed by atoms with E-state index in [4.69, 9.17) is 16.3 Å². The van der Waals surface area contributed by atoms with Crippen molar-refractivity contribution in [1.82, 2.24) is 9.88 Å². The topological polar surface area (TPSA) is 45.7 Å². The number of aromatic nitrogens is 1. The zero-order chi connectivity index (χ0) is 22.0.